The van der Waals surface area contributed by atoms with E-state index >= 15 is 0 Å². The van der Waals surface area contributed by atoms with Gasteiger partial charge in [0.15, 0.2) is 0 Å². The van der Waals surface area contributed by atoms with Crippen molar-refractivity contribution in [3.63, 3.8) is 0 Å². The maximum Gasteiger partial charge on any atom is -0.0157 e. The molecule has 0 nitrogen and oxygen atoms in total. The third-order valence-electron chi connectivity index (χ3n) is 2.44. The van der Waals surface area contributed by atoms with Crippen LogP contribution in [0.1, 0.15) is 0 Å². The van der Waals surface area contributed by atoms with Crippen LogP contribution in [0.3, 0.4) is 0 Å². The van der Waals surface area contributed by atoms with Crippen molar-refractivity contribution in [1.29, 1.82) is 0 Å². The predicted molar refractivity (Wildman–Crippen MR) is 78.4 cm³/mol. The quantitative estimate of drug-likeness (QED) is 0.561. The highest BCUT2D eigenvalue weighted by molar-refractivity contribution is 7.75. The molecule has 1 heteroatoms. The van der Waals surface area contributed by atoms with Gasteiger partial charge >= 0.3 is 0 Å². The minimum Gasteiger partial charge on any atom is -0.0991 e. The summed E-state index contributed by atoms with van der Waals surface area (Å²) in [7, 11) is -0.409. The molecule has 2 aromatic carbocycles. The molecule has 0 spiro atoms. The van der Waals surface area contributed by atoms with Crippen LogP contribution in [0, 0.1) is 0 Å². The van der Waals surface area contributed by atoms with Crippen LogP contribution in [0.15, 0.2) is 85.2 Å². The van der Waals surface area contributed by atoms with E-state index in [0.29, 0.717) is 0 Å². The fourth-order valence-electron chi connectivity index (χ4n) is 1.65. The molecule has 0 saturated carbocycles. The zero-order chi connectivity index (χ0) is 11.9. The predicted octanol–water partition coefficient (Wildman–Crippen LogP) is 3.82. The highest BCUT2D eigenvalue weighted by atomic mass is 31.1. The van der Waals surface area contributed by atoms with Gasteiger partial charge in [0, 0.05) is 0 Å². The monoisotopic (exact) mass is 238 g/mol. The first kappa shape index (κ1) is 11.8. The van der Waals surface area contributed by atoms with Crippen molar-refractivity contribution in [2.45, 2.75) is 0 Å². The number of rotatable bonds is 4. The van der Waals surface area contributed by atoms with E-state index in [4.69, 9.17) is 0 Å². The smallest absolute Gasteiger partial charge is 0.0157 e. The molecular formula is C16H15P. The highest BCUT2D eigenvalue weighted by Crippen LogP contribution is 2.34. The Morgan fingerprint density at radius 2 is 1.24 bits per heavy atom. The molecule has 0 heterocycles. The fraction of sp³-hybridized carbons (Fsp3) is 0. The van der Waals surface area contributed by atoms with Gasteiger partial charge in [0.05, 0.1) is 0 Å². The van der Waals surface area contributed by atoms with E-state index in [1.165, 1.54) is 10.6 Å². The molecule has 0 radical (unpaired) electrons. The molecule has 0 saturated heterocycles. The Morgan fingerprint density at radius 1 is 0.765 bits per heavy atom. The molecule has 0 aliphatic carbocycles. The molecule has 2 aromatic rings. The van der Waals surface area contributed by atoms with Gasteiger partial charge in [-0.3, -0.25) is 0 Å². The van der Waals surface area contributed by atoms with Gasteiger partial charge in [-0.2, -0.15) is 0 Å². The zero-order valence-corrected chi connectivity index (χ0v) is 10.6. The number of benzene rings is 2. The first-order chi connectivity index (χ1) is 8.42. The zero-order valence-electron chi connectivity index (χ0n) is 9.66. The Balaban J connectivity index is 2.39. The lowest BCUT2D eigenvalue weighted by molar-refractivity contribution is 1.75. The van der Waals surface area contributed by atoms with E-state index < -0.39 is 7.92 Å². The molecular weight excluding hydrogens is 223 g/mol. The highest BCUT2D eigenvalue weighted by Gasteiger charge is 2.08. The summed E-state index contributed by atoms with van der Waals surface area (Å²) in [5.74, 6) is 2.24. The third kappa shape index (κ3) is 3.15. The van der Waals surface area contributed by atoms with Crippen molar-refractivity contribution >= 4 is 18.5 Å². The van der Waals surface area contributed by atoms with Crippen LogP contribution in [0.5, 0.6) is 0 Å². The Hall–Kier alpha value is -1.65. The molecule has 2 rings (SSSR count). The summed E-state index contributed by atoms with van der Waals surface area (Å²) in [6.07, 6.45) is 3.87. The second-order valence-corrected chi connectivity index (χ2v) is 5.69. The first-order valence-electron chi connectivity index (χ1n) is 5.60. The normalized spacial score (nSPS) is 10.9. The van der Waals surface area contributed by atoms with Crippen LogP contribution >= 0.6 is 7.92 Å². The topological polar surface area (TPSA) is 0 Å². The molecule has 0 aliphatic heterocycles. The van der Waals surface area contributed by atoms with Crippen LogP contribution in [0.2, 0.25) is 0 Å². The van der Waals surface area contributed by atoms with Crippen LogP contribution in [-0.4, -0.2) is 0 Å². The van der Waals surface area contributed by atoms with Crippen molar-refractivity contribution in [2.24, 2.45) is 0 Å². The lowest BCUT2D eigenvalue weighted by atomic mass is 10.4. The van der Waals surface area contributed by atoms with Crippen LogP contribution in [0.4, 0.5) is 0 Å². The van der Waals surface area contributed by atoms with E-state index in [2.05, 4.69) is 73.1 Å². The van der Waals surface area contributed by atoms with Gasteiger partial charge in [-0.25, -0.2) is 0 Å². The van der Waals surface area contributed by atoms with Gasteiger partial charge in [0.2, 0.25) is 0 Å². The summed E-state index contributed by atoms with van der Waals surface area (Å²) >= 11 is 0. The van der Waals surface area contributed by atoms with Gasteiger partial charge < -0.3 is 0 Å². The van der Waals surface area contributed by atoms with E-state index in [-0.39, 0.29) is 0 Å². The van der Waals surface area contributed by atoms with Gasteiger partial charge in [-0.05, 0) is 18.5 Å². The lowest BCUT2D eigenvalue weighted by Gasteiger charge is -2.13. The van der Waals surface area contributed by atoms with Crippen molar-refractivity contribution in [3.05, 3.63) is 85.2 Å². The Bertz CT molecular complexity index is 446. The van der Waals surface area contributed by atoms with Crippen LogP contribution < -0.4 is 10.6 Å². The third-order valence-corrected chi connectivity index (χ3v) is 4.62. The molecule has 17 heavy (non-hydrogen) atoms. The Labute approximate surface area is 104 Å². The molecule has 0 unspecified atom stereocenters. The molecule has 0 aliphatic rings. The second kappa shape index (κ2) is 6.18. The fourth-order valence-corrected chi connectivity index (χ4v) is 3.57. The largest absolute Gasteiger partial charge is 0.0991 e. The van der Waals surface area contributed by atoms with Gasteiger partial charge in [-0.15, -0.1) is 0 Å². The van der Waals surface area contributed by atoms with Crippen molar-refractivity contribution < 1.29 is 0 Å². The van der Waals surface area contributed by atoms with Crippen LogP contribution in [0.25, 0.3) is 0 Å². The lowest BCUT2D eigenvalue weighted by Crippen LogP contribution is -2.09. The summed E-state index contributed by atoms with van der Waals surface area (Å²) in [5, 5.41) is 2.73. The molecule has 0 aromatic heterocycles. The van der Waals surface area contributed by atoms with Gasteiger partial charge in [0.1, 0.15) is 0 Å². The summed E-state index contributed by atoms with van der Waals surface area (Å²) in [6, 6.07) is 21.2. The number of hydrogen-bond acceptors (Lipinski definition) is 0. The summed E-state index contributed by atoms with van der Waals surface area (Å²) in [4.78, 5) is 0. The average molecular weight is 238 g/mol. The van der Waals surface area contributed by atoms with Crippen molar-refractivity contribution in [3.8, 4) is 0 Å². The molecule has 0 atom stereocenters. The van der Waals surface area contributed by atoms with E-state index in [0.717, 1.165) is 0 Å². The summed E-state index contributed by atoms with van der Waals surface area (Å²) < 4.78 is 0. The molecule has 0 amide bonds. The van der Waals surface area contributed by atoms with Gasteiger partial charge in [-0.1, -0.05) is 85.2 Å². The minimum atomic E-state index is -0.409. The summed E-state index contributed by atoms with van der Waals surface area (Å²) in [5.41, 5.74) is 0. The Morgan fingerprint density at radius 3 is 1.65 bits per heavy atom. The average Bonchev–Trinajstić information content (AvgIpc) is 2.42. The summed E-state index contributed by atoms with van der Waals surface area (Å²) in [6.45, 7) is 3.74. The Kier molecular flexibility index (Phi) is 4.30. The molecule has 84 valence electrons. The van der Waals surface area contributed by atoms with E-state index in [9.17, 15) is 0 Å². The number of allylic oxidation sites excluding steroid dienone is 2. The van der Waals surface area contributed by atoms with Crippen molar-refractivity contribution in [2.75, 3.05) is 0 Å². The van der Waals surface area contributed by atoms with Gasteiger partial charge in [0.25, 0.3) is 0 Å². The maximum absolute atomic E-state index is 3.74. The molecule has 0 bridgehead atoms. The van der Waals surface area contributed by atoms with Crippen molar-refractivity contribution in [1.82, 2.24) is 0 Å². The standard InChI is InChI=1S/C16H15P/c1-2-3-14-17(15-10-6-4-7-11-15)16-12-8-5-9-13-16/h2-14H,1H2. The maximum atomic E-state index is 3.74. The SMILES string of the molecule is C=CC=CP(c1ccccc1)c1ccccc1. The van der Waals surface area contributed by atoms with Crippen LogP contribution in [-0.2, 0) is 0 Å². The molecule has 0 fully saturated rings. The number of hydrogen-bond donors (Lipinski definition) is 0. The second-order valence-electron chi connectivity index (χ2n) is 3.62. The molecule has 0 N–H and O–H groups in total. The van der Waals surface area contributed by atoms with E-state index in [1.807, 2.05) is 12.2 Å². The first-order valence-corrected chi connectivity index (χ1v) is 7.01. The minimum absolute atomic E-state index is 0.409. The van der Waals surface area contributed by atoms with E-state index in [1.54, 1.807) is 0 Å².